The third-order valence-corrected chi connectivity index (χ3v) is 8.52. The number of aryl methyl sites for hydroxylation is 2. The molecule has 0 aliphatic rings. The van der Waals surface area contributed by atoms with Crippen molar-refractivity contribution in [1.29, 1.82) is 0 Å². The highest BCUT2D eigenvalue weighted by Crippen LogP contribution is 2.38. The fraction of sp³-hybridized carbons (Fsp3) is 0.231. The smallest absolute Gasteiger partial charge is 0.0541 e. The van der Waals surface area contributed by atoms with Gasteiger partial charge in [0.2, 0.25) is 0 Å². The highest BCUT2D eigenvalue weighted by atomic mass is 15.0. The van der Waals surface area contributed by atoms with Crippen molar-refractivity contribution in [2.45, 2.75) is 59.3 Å². The predicted octanol–water partition coefficient (Wildman–Crippen LogP) is 11.3. The van der Waals surface area contributed by atoms with E-state index >= 15 is 0 Å². The number of hydrogen-bond donors (Lipinski definition) is 0. The zero-order valence-corrected chi connectivity index (χ0v) is 24.2. The molecule has 1 heteroatoms. The first kappa shape index (κ1) is 26.1. The second kappa shape index (κ2) is 11.2. The van der Waals surface area contributed by atoms with Crippen molar-refractivity contribution in [2.75, 3.05) is 0 Å². The molecule has 0 radical (unpaired) electrons. The number of aromatic nitrogens is 1. The molecule has 0 saturated carbocycles. The molecule has 0 atom stereocenters. The average molecular weight is 522 g/mol. The maximum Gasteiger partial charge on any atom is 0.0541 e. The molecule has 5 aromatic carbocycles. The van der Waals surface area contributed by atoms with Crippen LogP contribution < -0.4 is 0 Å². The van der Waals surface area contributed by atoms with Crippen LogP contribution in [0, 0.1) is 6.92 Å². The summed E-state index contributed by atoms with van der Waals surface area (Å²) in [4.78, 5) is 0. The SMILES string of the molecule is CCCc1cccc(-c2ccc3c(c2)c2cc(-c4cccc(C)c4)ccc2n3-c2ccc(C(CC)CC)cc2)c1. The monoisotopic (exact) mass is 521 g/mol. The van der Waals surface area contributed by atoms with Crippen molar-refractivity contribution in [3.63, 3.8) is 0 Å². The van der Waals surface area contributed by atoms with Crippen LogP contribution in [0.3, 0.4) is 0 Å². The van der Waals surface area contributed by atoms with Gasteiger partial charge in [0.05, 0.1) is 11.0 Å². The van der Waals surface area contributed by atoms with Gasteiger partial charge in [0, 0.05) is 16.5 Å². The van der Waals surface area contributed by atoms with Gasteiger partial charge in [-0.2, -0.15) is 0 Å². The lowest BCUT2D eigenvalue weighted by Gasteiger charge is -2.14. The molecule has 1 nitrogen and oxygen atoms in total. The molecule has 1 aromatic heterocycles. The van der Waals surface area contributed by atoms with E-state index < -0.39 is 0 Å². The summed E-state index contributed by atoms with van der Waals surface area (Å²) in [6.07, 6.45) is 4.63. The van der Waals surface area contributed by atoms with Gasteiger partial charge in [-0.25, -0.2) is 0 Å². The molecule has 40 heavy (non-hydrogen) atoms. The van der Waals surface area contributed by atoms with E-state index in [1.165, 1.54) is 79.3 Å². The van der Waals surface area contributed by atoms with E-state index in [-0.39, 0.29) is 0 Å². The molecule has 0 unspecified atom stereocenters. The van der Waals surface area contributed by atoms with E-state index in [0.717, 1.165) is 12.8 Å². The summed E-state index contributed by atoms with van der Waals surface area (Å²) >= 11 is 0. The van der Waals surface area contributed by atoms with Gasteiger partial charge in [-0.05, 0) is 102 Å². The maximum absolute atomic E-state index is 2.44. The zero-order valence-electron chi connectivity index (χ0n) is 24.2. The molecule has 200 valence electrons. The second-order valence-electron chi connectivity index (χ2n) is 11.2. The third-order valence-electron chi connectivity index (χ3n) is 8.52. The van der Waals surface area contributed by atoms with E-state index in [4.69, 9.17) is 0 Å². The predicted molar refractivity (Wildman–Crippen MR) is 174 cm³/mol. The summed E-state index contributed by atoms with van der Waals surface area (Å²) in [6, 6.07) is 41.1. The molecule has 0 amide bonds. The third kappa shape index (κ3) is 4.86. The maximum atomic E-state index is 2.44. The van der Waals surface area contributed by atoms with Crippen molar-refractivity contribution in [2.24, 2.45) is 0 Å². The molecule has 0 aliphatic carbocycles. The van der Waals surface area contributed by atoms with Crippen molar-refractivity contribution in [3.05, 3.63) is 126 Å². The molecule has 0 aliphatic heterocycles. The largest absolute Gasteiger partial charge is 0.309 e. The Hall–Kier alpha value is -4.10. The molecule has 1 heterocycles. The van der Waals surface area contributed by atoms with E-state index in [9.17, 15) is 0 Å². The highest BCUT2D eigenvalue weighted by Gasteiger charge is 2.16. The summed E-state index contributed by atoms with van der Waals surface area (Å²) in [6.45, 7) is 8.99. The van der Waals surface area contributed by atoms with Crippen molar-refractivity contribution in [1.82, 2.24) is 4.57 Å². The number of hydrogen-bond acceptors (Lipinski definition) is 0. The normalized spacial score (nSPS) is 11.6. The van der Waals surface area contributed by atoms with Crippen LogP contribution in [0.4, 0.5) is 0 Å². The molecule has 0 N–H and O–H groups in total. The lowest BCUT2D eigenvalue weighted by Crippen LogP contribution is -1.98. The topological polar surface area (TPSA) is 4.93 Å². The van der Waals surface area contributed by atoms with Gasteiger partial charge in [0.15, 0.2) is 0 Å². The molecule has 0 fully saturated rings. The van der Waals surface area contributed by atoms with Crippen molar-refractivity contribution >= 4 is 21.8 Å². The minimum absolute atomic E-state index is 0.620. The van der Waals surface area contributed by atoms with Crippen LogP contribution >= 0.6 is 0 Å². The zero-order chi connectivity index (χ0) is 27.6. The Morgan fingerprint density at radius 3 is 1.73 bits per heavy atom. The minimum Gasteiger partial charge on any atom is -0.309 e. The van der Waals surface area contributed by atoms with Crippen LogP contribution in [0.1, 0.15) is 62.6 Å². The number of nitrogens with zero attached hydrogens (tertiary/aromatic N) is 1. The molecule has 0 saturated heterocycles. The summed E-state index contributed by atoms with van der Waals surface area (Å²) in [5.74, 6) is 0.620. The first-order valence-corrected chi connectivity index (χ1v) is 14.9. The lowest BCUT2D eigenvalue weighted by atomic mass is 9.94. The van der Waals surface area contributed by atoms with Gasteiger partial charge in [-0.15, -0.1) is 0 Å². The number of rotatable bonds is 8. The van der Waals surface area contributed by atoms with Crippen LogP contribution in [0.5, 0.6) is 0 Å². The number of fused-ring (bicyclic) bond motifs is 3. The summed E-state index contributed by atoms with van der Waals surface area (Å²) in [5.41, 5.74) is 12.9. The van der Waals surface area contributed by atoms with Gasteiger partial charge < -0.3 is 4.57 Å². The molecule has 0 spiro atoms. The average Bonchev–Trinajstić information content (AvgIpc) is 3.31. The van der Waals surface area contributed by atoms with Gasteiger partial charge >= 0.3 is 0 Å². The molecule has 0 bridgehead atoms. The molecule has 6 rings (SSSR count). The van der Waals surface area contributed by atoms with Crippen molar-refractivity contribution < 1.29 is 0 Å². The first-order valence-electron chi connectivity index (χ1n) is 14.9. The number of benzene rings is 5. The van der Waals surface area contributed by atoms with E-state index in [2.05, 4.69) is 141 Å². The Balaban J connectivity index is 1.56. The Morgan fingerprint density at radius 1 is 0.575 bits per heavy atom. The summed E-state index contributed by atoms with van der Waals surface area (Å²) in [5, 5.41) is 2.59. The Labute approximate surface area is 239 Å². The summed E-state index contributed by atoms with van der Waals surface area (Å²) < 4.78 is 2.44. The van der Waals surface area contributed by atoms with Crippen LogP contribution in [-0.4, -0.2) is 4.57 Å². The fourth-order valence-electron chi connectivity index (χ4n) is 6.34. The fourth-order valence-corrected chi connectivity index (χ4v) is 6.34. The van der Waals surface area contributed by atoms with E-state index in [1.54, 1.807) is 0 Å². The second-order valence-corrected chi connectivity index (χ2v) is 11.2. The Morgan fingerprint density at radius 2 is 1.15 bits per heavy atom. The Bertz CT molecular complexity index is 1780. The minimum atomic E-state index is 0.620. The first-order chi connectivity index (χ1) is 19.6. The van der Waals surface area contributed by atoms with Crippen LogP contribution in [0.15, 0.2) is 109 Å². The van der Waals surface area contributed by atoms with E-state index in [0.29, 0.717) is 5.92 Å². The summed E-state index contributed by atoms with van der Waals surface area (Å²) in [7, 11) is 0. The van der Waals surface area contributed by atoms with Crippen molar-refractivity contribution in [3.8, 4) is 27.9 Å². The standard InChI is InChI=1S/C39H39N/c1-5-10-28-12-9-14-32(24-28)34-18-22-39-37(26-34)36-25-33(31-13-8-11-27(4)23-31)17-21-38(36)40(39)35-19-15-30(16-20-35)29(6-2)7-3/h8-9,11-26,29H,5-7,10H2,1-4H3. The van der Waals surface area contributed by atoms with Gasteiger partial charge in [-0.3, -0.25) is 0 Å². The quantitative estimate of drug-likeness (QED) is 0.188. The van der Waals surface area contributed by atoms with Gasteiger partial charge in [0.25, 0.3) is 0 Å². The Kier molecular flexibility index (Phi) is 7.30. The molecular weight excluding hydrogens is 482 g/mol. The van der Waals surface area contributed by atoms with E-state index in [1.807, 2.05) is 0 Å². The highest BCUT2D eigenvalue weighted by molar-refractivity contribution is 6.11. The van der Waals surface area contributed by atoms with Gasteiger partial charge in [-0.1, -0.05) is 106 Å². The van der Waals surface area contributed by atoms with Crippen LogP contribution in [-0.2, 0) is 6.42 Å². The molecule has 6 aromatic rings. The lowest BCUT2D eigenvalue weighted by molar-refractivity contribution is 0.642. The van der Waals surface area contributed by atoms with Gasteiger partial charge in [0.1, 0.15) is 0 Å². The molecular formula is C39H39N. The van der Waals surface area contributed by atoms with Crippen LogP contribution in [0.2, 0.25) is 0 Å². The van der Waals surface area contributed by atoms with Crippen LogP contribution in [0.25, 0.3) is 49.7 Å².